The predicted molar refractivity (Wildman–Crippen MR) is 129 cm³/mol. The van der Waals surface area contributed by atoms with Crippen molar-refractivity contribution in [3.8, 4) is 16.9 Å². The maximum absolute atomic E-state index is 12.9. The lowest BCUT2D eigenvalue weighted by atomic mass is 9.97. The number of nitrogens with zero attached hydrogens (tertiary/aromatic N) is 2. The van der Waals surface area contributed by atoms with E-state index in [9.17, 15) is 18.0 Å². The first kappa shape index (κ1) is 26.6. The van der Waals surface area contributed by atoms with Crippen LogP contribution in [0.2, 0.25) is 0 Å². The van der Waals surface area contributed by atoms with Gasteiger partial charge in [0.2, 0.25) is 0 Å². The molecule has 0 amide bonds. The molecule has 3 rings (SSSR count). The number of hydrogen-bond acceptors (Lipinski definition) is 6. The van der Waals surface area contributed by atoms with Crippen molar-refractivity contribution in [2.45, 2.75) is 39.1 Å². The molecule has 1 N–H and O–H groups in total. The third-order valence-corrected chi connectivity index (χ3v) is 5.66. The minimum absolute atomic E-state index is 0.0263. The van der Waals surface area contributed by atoms with Crippen LogP contribution in [-0.4, -0.2) is 35.5 Å². The molecule has 3 aromatic rings. The molecule has 0 bridgehead atoms. The molecule has 10 heteroatoms. The summed E-state index contributed by atoms with van der Waals surface area (Å²) in [6.07, 6.45) is -1.43. The Morgan fingerprint density at radius 2 is 1.89 bits per heavy atom. The number of carbonyl (C=O) groups is 1. The number of alkyl halides is 3. The maximum Gasteiger partial charge on any atom is 0.401 e. The van der Waals surface area contributed by atoms with Crippen molar-refractivity contribution in [2.24, 2.45) is 0 Å². The van der Waals surface area contributed by atoms with E-state index in [1.807, 2.05) is 37.3 Å². The third-order valence-electron chi connectivity index (χ3n) is 5.00. The smallest absolute Gasteiger partial charge is 0.401 e. The molecule has 0 radical (unpaired) electrons. The Hall–Kier alpha value is -2.98. The van der Waals surface area contributed by atoms with Crippen LogP contribution in [0.5, 0.6) is 5.75 Å². The number of benzene rings is 2. The Balaban J connectivity index is 2.02. The van der Waals surface area contributed by atoms with Gasteiger partial charge >= 0.3 is 12.1 Å². The summed E-state index contributed by atoms with van der Waals surface area (Å²) in [5.74, 6) is -0.276. The number of aromatic nitrogens is 2. The zero-order valence-electron chi connectivity index (χ0n) is 19.1. The quantitative estimate of drug-likeness (QED) is 0.229. The summed E-state index contributed by atoms with van der Waals surface area (Å²) in [4.78, 5) is 12.7. The normalized spacial score (nSPS) is 11.3. The Kier molecular flexibility index (Phi) is 9.62. The summed E-state index contributed by atoms with van der Waals surface area (Å²) < 4.78 is 50.5. The van der Waals surface area contributed by atoms with Gasteiger partial charge in [0, 0.05) is 27.7 Å². The van der Waals surface area contributed by atoms with E-state index in [0.717, 1.165) is 12.0 Å². The molecule has 2 aromatic carbocycles. The number of carbonyl (C=O) groups excluding carboxylic acids is 1. The van der Waals surface area contributed by atoms with Crippen molar-refractivity contribution in [1.29, 1.82) is 0 Å². The standard InChI is InChI=1S/C25H25BrF3N3O3/c1-2-3-13-34-24(33)23-18(11-12-31-32-23)22-19(14-30-16-25(27,28)29)21(10-9-20(22)26)35-15-17-7-5-4-6-8-17/h4-12,30H,2-3,13-16H2,1H3. The van der Waals surface area contributed by atoms with Crippen LogP contribution in [0.3, 0.4) is 0 Å². The van der Waals surface area contributed by atoms with Crippen molar-refractivity contribution in [1.82, 2.24) is 15.5 Å². The number of nitrogens with one attached hydrogen (secondary N) is 1. The molecule has 0 aliphatic heterocycles. The van der Waals surface area contributed by atoms with Crippen LogP contribution >= 0.6 is 15.9 Å². The second kappa shape index (κ2) is 12.6. The van der Waals surface area contributed by atoms with E-state index in [2.05, 4.69) is 31.4 Å². The van der Waals surface area contributed by atoms with Crippen LogP contribution in [0.15, 0.2) is 59.2 Å². The molecule has 1 aromatic heterocycles. The molecule has 0 aliphatic carbocycles. The second-order valence-electron chi connectivity index (χ2n) is 7.68. The molecule has 0 spiro atoms. The molecule has 0 unspecified atom stereocenters. The van der Waals surface area contributed by atoms with Gasteiger partial charge in [0.15, 0.2) is 5.69 Å². The van der Waals surface area contributed by atoms with Crippen LogP contribution in [0.25, 0.3) is 11.1 Å². The summed E-state index contributed by atoms with van der Waals surface area (Å²) in [5, 5.41) is 10.2. The van der Waals surface area contributed by atoms with E-state index in [4.69, 9.17) is 9.47 Å². The van der Waals surface area contributed by atoms with Gasteiger partial charge in [-0.25, -0.2) is 4.79 Å². The fourth-order valence-corrected chi connectivity index (χ4v) is 3.91. The van der Waals surface area contributed by atoms with Gasteiger partial charge in [0.1, 0.15) is 12.4 Å². The minimum atomic E-state index is -4.39. The van der Waals surface area contributed by atoms with Crippen molar-refractivity contribution >= 4 is 21.9 Å². The van der Waals surface area contributed by atoms with E-state index < -0.39 is 18.7 Å². The lowest BCUT2D eigenvalue weighted by molar-refractivity contribution is -0.125. The van der Waals surface area contributed by atoms with E-state index in [0.29, 0.717) is 33.3 Å². The average molecular weight is 552 g/mol. The molecule has 186 valence electrons. The number of ether oxygens (including phenoxy) is 2. The first-order valence-electron chi connectivity index (χ1n) is 11.0. The van der Waals surface area contributed by atoms with Crippen molar-refractivity contribution in [3.05, 3.63) is 76.0 Å². The van der Waals surface area contributed by atoms with Crippen molar-refractivity contribution in [2.75, 3.05) is 13.2 Å². The minimum Gasteiger partial charge on any atom is -0.489 e. The van der Waals surface area contributed by atoms with Crippen LogP contribution in [0.1, 0.15) is 41.4 Å². The molecule has 6 nitrogen and oxygen atoms in total. The first-order valence-corrected chi connectivity index (χ1v) is 11.8. The monoisotopic (exact) mass is 551 g/mol. The van der Waals surface area contributed by atoms with Gasteiger partial charge in [-0.3, -0.25) is 0 Å². The fraction of sp³-hybridized carbons (Fsp3) is 0.320. The van der Waals surface area contributed by atoms with Crippen molar-refractivity contribution < 1.29 is 27.4 Å². The molecule has 0 atom stereocenters. The van der Waals surface area contributed by atoms with Gasteiger partial charge in [-0.05, 0) is 30.2 Å². The van der Waals surface area contributed by atoms with E-state index in [-0.39, 0.29) is 25.5 Å². The average Bonchev–Trinajstić information content (AvgIpc) is 2.83. The van der Waals surface area contributed by atoms with Gasteiger partial charge in [0.25, 0.3) is 0 Å². The number of rotatable bonds is 11. The van der Waals surface area contributed by atoms with E-state index >= 15 is 0 Å². The van der Waals surface area contributed by atoms with Crippen molar-refractivity contribution in [3.63, 3.8) is 0 Å². The van der Waals surface area contributed by atoms with Gasteiger partial charge < -0.3 is 14.8 Å². The second-order valence-corrected chi connectivity index (χ2v) is 8.53. The summed E-state index contributed by atoms with van der Waals surface area (Å²) in [5.41, 5.74) is 2.17. The first-order chi connectivity index (χ1) is 16.8. The summed E-state index contributed by atoms with van der Waals surface area (Å²) >= 11 is 3.49. The van der Waals surface area contributed by atoms with E-state index in [1.54, 1.807) is 18.2 Å². The number of esters is 1. The summed E-state index contributed by atoms with van der Waals surface area (Å²) in [6.45, 7) is 1.07. The van der Waals surface area contributed by atoms with Gasteiger partial charge in [-0.15, -0.1) is 5.10 Å². The highest BCUT2D eigenvalue weighted by atomic mass is 79.9. The topological polar surface area (TPSA) is 73.3 Å². The molecular formula is C25H25BrF3N3O3. The van der Waals surface area contributed by atoms with Gasteiger partial charge in [-0.2, -0.15) is 18.3 Å². The molecule has 1 heterocycles. The zero-order chi connectivity index (χ0) is 25.3. The molecular weight excluding hydrogens is 527 g/mol. The van der Waals surface area contributed by atoms with Crippen LogP contribution in [0, 0.1) is 0 Å². The lowest BCUT2D eigenvalue weighted by Gasteiger charge is -2.19. The van der Waals surface area contributed by atoms with Crippen LogP contribution in [-0.2, 0) is 17.9 Å². The highest BCUT2D eigenvalue weighted by Crippen LogP contribution is 2.39. The zero-order valence-corrected chi connectivity index (χ0v) is 20.7. The third kappa shape index (κ3) is 7.76. The number of unbranched alkanes of at least 4 members (excludes halogenated alkanes) is 1. The van der Waals surface area contributed by atoms with E-state index in [1.165, 1.54) is 6.20 Å². The SMILES string of the molecule is CCCCOC(=O)c1nnccc1-c1c(Br)ccc(OCc2ccccc2)c1CNCC(F)(F)F. The molecule has 0 fully saturated rings. The largest absolute Gasteiger partial charge is 0.489 e. The Morgan fingerprint density at radius 3 is 2.60 bits per heavy atom. The Morgan fingerprint density at radius 1 is 1.11 bits per heavy atom. The lowest BCUT2D eigenvalue weighted by Crippen LogP contribution is -2.28. The fourth-order valence-electron chi connectivity index (χ4n) is 3.33. The molecule has 0 aliphatic rings. The maximum atomic E-state index is 12.9. The van der Waals surface area contributed by atoms with Crippen LogP contribution in [0.4, 0.5) is 13.2 Å². The summed E-state index contributed by atoms with van der Waals surface area (Å²) in [7, 11) is 0. The Bertz CT molecular complexity index is 1130. The van der Waals surface area contributed by atoms with Crippen LogP contribution < -0.4 is 10.1 Å². The highest BCUT2D eigenvalue weighted by Gasteiger charge is 2.28. The highest BCUT2D eigenvalue weighted by molar-refractivity contribution is 9.10. The molecule has 0 saturated carbocycles. The summed E-state index contributed by atoms with van der Waals surface area (Å²) in [6, 6.07) is 14.4. The molecule has 35 heavy (non-hydrogen) atoms. The number of halogens is 4. The molecule has 0 saturated heterocycles. The van der Waals surface area contributed by atoms with Gasteiger partial charge in [0.05, 0.1) is 19.3 Å². The van der Waals surface area contributed by atoms with Gasteiger partial charge in [-0.1, -0.05) is 59.6 Å². The Labute approximate surface area is 210 Å². The number of hydrogen-bond donors (Lipinski definition) is 1. The predicted octanol–water partition coefficient (Wildman–Crippen LogP) is 6.09.